The lowest BCUT2D eigenvalue weighted by molar-refractivity contribution is 1.23. The third-order valence-corrected chi connectivity index (χ3v) is 5.89. The average molecular weight is 366 g/mol. The summed E-state index contributed by atoms with van der Waals surface area (Å²) < 4.78 is 0. The Morgan fingerprint density at radius 3 is 1.44 bits per heavy atom. The fraction of sp³-hybridized carbons (Fsp3) is 0.0833. The van der Waals surface area contributed by atoms with Gasteiger partial charge in [-0.3, -0.25) is 0 Å². The van der Waals surface area contributed by atoms with Crippen LogP contribution in [0.2, 0.25) is 0 Å². The maximum absolute atomic E-state index is 4.62. The van der Waals surface area contributed by atoms with E-state index in [1.807, 2.05) is 11.8 Å². The van der Waals surface area contributed by atoms with Gasteiger partial charge in [-0.2, -0.15) is 10.2 Å². The molecule has 4 aromatic carbocycles. The summed E-state index contributed by atoms with van der Waals surface area (Å²) >= 11 is 1.87. The molecule has 0 fully saturated rings. The smallest absolute Gasteiger partial charge is 0.0801 e. The van der Waals surface area contributed by atoms with Crippen molar-refractivity contribution in [1.82, 2.24) is 0 Å². The van der Waals surface area contributed by atoms with E-state index in [1.54, 1.807) is 0 Å². The lowest BCUT2D eigenvalue weighted by atomic mass is 10.0. The van der Waals surface area contributed by atoms with Crippen molar-refractivity contribution >= 4 is 44.7 Å². The Morgan fingerprint density at radius 1 is 0.519 bits per heavy atom. The van der Waals surface area contributed by atoms with Crippen LogP contribution in [0.1, 0.15) is 11.1 Å². The molecule has 0 aliphatic carbocycles. The van der Waals surface area contributed by atoms with Crippen LogP contribution in [-0.4, -0.2) is 22.9 Å². The molecule has 3 heteroatoms. The Bertz CT molecular complexity index is 1110. The molecular weight excluding hydrogens is 348 g/mol. The van der Waals surface area contributed by atoms with Gasteiger partial charge in [-0.25, -0.2) is 0 Å². The van der Waals surface area contributed by atoms with Crippen molar-refractivity contribution in [2.24, 2.45) is 10.2 Å². The van der Waals surface area contributed by atoms with E-state index in [-0.39, 0.29) is 0 Å². The van der Waals surface area contributed by atoms with Gasteiger partial charge in [0.1, 0.15) is 0 Å². The number of fused-ring (bicyclic) bond motifs is 2. The predicted molar refractivity (Wildman–Crippen MR) is 118 cm³/mol. The lowest BCUT2D eigenvalue weighted by Crippen LogP contribution is -2.05. The third kappa shape index (κ3) is 3.26. The van der Waals surface area contributed by atoms with E-state index in [2.05, 4.69) is 95.1 Å². The molecule has 0 bridgehead atoms. The Balaban J connectivity index is 1.51. The highest BCUT2D eigenvalue weighted by molar-refractivity contribution is 8.00. The van der Waals surface area contributed by atoms with E-state index in [0.29, 0.717) is 0 Å². The van der Waals surface area contributed by atoms with Gasteiger partial charge in [0.15, 0.2) is 0 Å². The van der Waals surface area contributed by atoms with Crippen LogP contribution in [0.15, 0.2) is 95.1 Å². The summed E-state index contributed by atoms with van der Waals surface area (Å²) in [7, 11) is 0. The van der Waals surface area contributed by atoms with Gasteiger partial charge in [0.25, 0.3) is 0 Å². The highest BCUT2D eigenvalue weighted by atomic mass is 32.2. The number of hydrogen-bond acceptors (Lipinski definition) is 3. The van der Waals surface area contributed by atoms with E-state index >= 15 is 0 Å². The van der Waals surface area contributed by atoms with Crippen LogP contribution >= 0.6 is 11.8 Å². The minimum atomic E-state index is 0.874. The second-order valence-electron chi connectivity index (χ2n) is 6.71. The second kappa shape index (κ2) is 7.01. The summed E-state index contributed by atoms with van der Waals surface area (Å²) in [5, 5.41) is 14.2. The number of nitrogens with zero attached hydrogens (tertiary/aromatic N) is 2. The molecule has 0 unspecified atom stereocenters. The standard InChI is InChI=1S/C24H18N2S/c1-3-7-19-13-21(11-9-17(19)5-1)23-15-27-16-24(26-25-23)22-12-10-18-6-2-4-8-20(18)14-22/h1-14H,15-16H2. The molecule has 4 aromatic rings. The van der Waals surface area contributed by atoms with Crippen molar-refractivity contribution < 1.29 is 0 Å². The van der Waals surface area contributed by atoms with Crippen molar-refractivity contribution in [3.05, 3.63) is 96.1 Å². The van der Waals surface area contributed by atoms with Gasteiger partial charge >= 0.3 is 0 Å². The van der Waals surface area contributed by atoms with Crippen LogP contribution in [0, 0.1) is 0 Å². The Labute approximate surface area is 162 Å². The first-order chi connectivity index (χ1) is 13.4. The van der Waals surface area contributed by atoms with Crippen molar-refractivity contribution in [3.8, 4) is 0 Å². The van der Waals surface area contributed by atoms with Gasteiger partial charge in [-0.05, 0) is 44.8 Å². The molecule has 1 aliphatic rings. The van der Waals surface area contributed by atoms with Crippen molar-refractivity contribution in [1.29, 1.82) is 0 Å². The summed E-state index contributed by atoms with van der Waals surface area (Å²) in [6.45, 7) is 0. The van der Waals surface area contributed by atoms with Crippen LogP contribution in [0.4, 0.5) is 0 Å². The highest BCUT2D eigenvalue weighted by Gasteiger charge is 2.13. The molecule has 2 nitrogen and oxygen atoms in total. The first kappa shape index (κ1) is 16.3. The zero-order valence-electron chi connectivity index (χ0n) is 14.8. The summed E-state index contributed by atoms with van der Waals surface area (Å²) in [6.07, 6.45) is 0. The predicted octanol–water partition coefficient (Wildman–Crippen LogP) is 5.93. The lowest BCUT2D eigenvalue weighted by Gasteiger charge is -2.05. The van der Waals surface area contributed by atoms with Gasteiger partial charge in [0.05, 0.1) is 11.4 Å². The molecule has 130 valence electrons. The molecule has 0 atom stereocenters. The van der Waals surface area contributed by atoms with E-state index in [4.69, 9.17) is 0 Å². The summed E-state index contributed by atoms with van der Waals surface area (Å²) in [6, 6.07) is 29.9. The largest absolute Gasteiger partial charge is 0.154 e. The average Bonchev–Trinajstić information content (AvgIpc) is 2.99. The number of rotatable bonds is 2. The highest BCUT2D eigenvalue weighted by Crippen LogP contribution is 2.22. The van der Waals surface area contributed by atoms with Gasteiger partial charge in [-0.15, -0.1) is 11.8 Å². The number of hydrogen-bond donors (Lipinski definition) is 0. The minimum absolute atomic E-state index is 0.874. The zero-order valence-corrected chi connectivity index (χ0v) is 15.6. The van der Waals surface area contributed by atoms with E-state index in [0.717, 1.165) is 34.1 Å². The van der Waals surface area contributed by atoms with E-state index in [1.165, 1.54) is 21.5 Å². The summed E-state index contributed by atoms with van der Waals surface area (Å²) in [5.41, 5.74) is 4.40. The molecule has 0 radical (unpaired) electrons. The fourth-order valence-electron chi connectivity index (χ4n) is 3.44. The van der Waals surface area contributed by atoms with Gasteiger partial charge in [-0.1, -0.05) is 72.8 Å². The molecule has 27 heavy (non-hydrogen) atoms. The normalized spacial score (nSPS) is 14.7. The molecular formula is C24H18N2S. The Kier molecular flexibility index (Phi) is 4.23. The molecule has 0 amide bonds. The topological polar surface area (TPSA) is 24.7 Å². The zero-order chi connectivity index (χ0) is 18.1. The van der Waals surface area contributed by atoms with E-state index in [9.17, 15) is 0 Å². The molecule has 0 N–H and O–H groups in total. The molecule has 1 aliphatic heterocycles. The first-order valence-corrected chi connectivity index (χ1v) is 10.2. The monoisotopic (exact) mass is 366 g/mol. The van der Waals surface area contributed by atoms with Crippen LogP contribution in [0.3, 0.4) is 0 Å². The second-order valence-corrected chi connectivity index (χ2v) is 7.70. The molecule has 5 rings (SSSR count). The quantitative estimate of drug-likeness (QED) is 0.431. The molecule has 0 saturated heterocycles. The summed E-state index contributed by atoms with van der Waals surface area (Å²) in [5.74, 6) is 1.75. The number of benzene rings is 4. The maximum Gasteiger partial charge on any atom is 0.0801 e. The van der Waals surface area contributed by atoms with Crippen LogP contribution in [0.5, 0.6) is 0 Å². The molecule has 0 aromatic heterocycles. The van der Waals surface area contributed by atoms with Crippen LogP contribution in [-0.2, 0) is 0 Å². The maximum atomic E-state index is 4.62. The van der Waals surface area contributed by atoms with E-state index < -0.39 is 0 Å². The molecule has 1 heterocycles. The van der Waals surface area contributed by atoms with Crippen LogP contribution < -0.4 is 0 Å². The first-order valence-electron chi connectivity index (χ1n) is 9.06. The van der Waals surface area contributed by atoms with Crippen LogP contribution in [0.25, 0.3) is 21.5 Å². The Hall–Kier alpha value is -2.91. The third-order valence-electron chi connectivity index (χ3n) is 4.93. The van der Waals surface area contributed by atoms with Crippen molar-refractivity contribution in [2.75, 3.05) is 11.5 Å². The fourth-order valence-corrected chi connectivity index (χ4v) is 4.38. The van der Waals surface area contributed by atoms with Gasteiger partial charge in [0, 0.05) is 11.5 Å². The molecule has 0 saturated carbocycles. The SMILES string of the molecule is c1ccc2cc(C3=NN=C(c4ccc5ccccc5c4)CSC3)ccc2c1. The van der Waals surface area contributed by atoms with Crippen molar-refractivity contribution in [3.63, 3.8) is 0 Å². The van der Waals surface area contributed by atoms with Gasteiger partial charge < -0.3 is 0 Å². The van der Waals surface area contributed by atoms with Gasteiger partial charge in [0.2, 0.25) is 0 Å². The summed E-state index contributed by atoms with van der Waals surface area (Å²) in [4.78, 5) is 0. The number of thioether (sulfide) groups is 1. The molecule has 0 spiro atoms. The Morgan fingerprint density at radius 2 is 0.963 bits per heavy atom. The van der Waals surface area contributed by atoms with Crippen molar-refractivity contribution in [2.45, 2.75) is 0 Å². The minimum Gasteiger partial charge on any atom is -0.154 e.